The number of hydrogen-bond donors (Lipinski definition) is 0. The average molecular weight is 357 g/mol. The molecule has 0 aliphatic carbocycles. The second kappa shape index (κ2) is 10.4. The van der Waals surface area contributed by atoms with Gasteiger partial charge in [-0.1, -0.05) is 64.7 Å². The first-order valence-corrected chi connectivity index (χ1v) is 10.1. The Bertz CT molecular complexity index is 693. The van der Waals surface area contributed by atoms with Gasteiger partial charge in [-0.3, -0.25) is 0 Å². The molecule has 0 aliphatic rings. The van der Waals surface area contributed by atoms with E-state index in [-0.39, 0.29) is 5.82 Å². The van der Waals surface area contributed by atoms with Crippen LogP contribution in [-0.4, -0.2) is 7.11 Å². The summed E-state index contributed by atoms with van der Waals surface area (Å²) in [4.78, 5) is 0. The van der Waals surface area contributed by atoms with E-state index in [0.717, 1.165) is 24.8 Å². The summed E-state index contributed by atoms with van der Waals surface area (Å²) in [5, 5.41) is 0. The largest absolute Gasteiger partial charge is 0.497 e. The Balaban J connectivity index is 2.52. The van der Waals surface area contributed by atoms with E-state index >= 15 is 0 Å². The van der Waals surface area contributed by atoms with Crippen molar-refractivity contribution in [2.24, 2.45) is 0 Å². The van der Waals surface area contributed by atoms with E-state index in [1.165, 1.54) is 42.9 Å². The van der Waals surface area contributed by atoms with E-state index in [1.54, 1.807) is 13.2 Å². The number of halogens is 1. The second-order valence-corrected chi connectivity index (χ2v) is 7.10. The van der Waals surface area contributed by atoms with Crippen LogP contribution in [0.3, 0.4) is 0 Å². The van der Waals surface area contributed by atoms with E-state index in [0.29, 0.717) is 17.2 Å². The van der Waals surface area contributed by atoms with E-state index in [9.17, 15) is 4.39 Å². The molecule has 142 valence electrons. The topological polar surface area (TPSA) is 9.23 Å². The molecular weight excluding hydrogens is 323 g/mol. The van der Waals surface area contributed by atoms with Crippen molar-refractivity contribution in [2.75, 3.05) is 7.11 Å². The summed E-state index contributed by atoms with van der Waals surface area (Å²) in [5.41, 5.74) is 4.30. The van der Waals surface area contributed by atoms with Crippen molar-refractivity contribution in [1.82, 2.24) is 0 Å². The Morgan fingerprint density at radius 3 is 2.35 bits per heavy atom. The standard InChI is InChI=1S/C24H33FO/c1-5-8-9-11-19(10-6-2)22-16-18(7-3)12-14-21(22)23-17-20(26-4)13-15-24(23)25/h12-17,19H,5-11H2,1-4H3. The minimum atomic E-state index is -0.180. The van der Waals surface area contributed by atoms with Crippen LogP contribution in [0.5, 0.6) is 5.75 Å². The fraction of sp³-hybridized carbons (Fsp3) is 0.500. The van der Waals surface area contributed by atoms with Crippen LogP contribution in [0, 0.1) is 5.82 Å². The van der Waals surface area contributed by atoms with Gasteiger partial charge in [0.2, 0.25) is 0 Å². The van der Waals surface area contributed by atoms with Gasteiger partial charge >= 0.3 is 0 Å². The third-order valence-electron chi connectivity index (χ3n) is 5.22. The second-order valence-electron chi connectivity index (χ2n) is 7.10. The predicted octanol–water partition coefficient (Wildman–Crippen LogP) is 7.53. The zero-order valence-electron chi connectivity index (χ0n) is 16.8. The molecule has 0 fully saturated rings. The van der Waals surface area contributed by atoms with Crippen molar-refractivity contribution < 1.29 is 9.13 Å². The van der Waals surface area contributed by atoms with Crippen LogP contribution >= 0.6 is 0 Å². The van der Waals surface area contributed by atoms with Gasteiger partial charge < -0.3 is 4.74 Å². The zero-order chi connectivity index (χ0) is 18.9. The van der Waals surface area contributed by atoms with Crippen molar-refractivity contribution in [1.29, 1.82) is 0 Å². The Labute approximate surface area is 158 Å². The van der Waals surface area contributed by atoms with Crippen molar-refractivity contribution in [3.05, 3.63) is 53.3 Å². The molecule has 0 radical (unpaired) electrons. The van der Waals surface area contributed by atoms with E-state index in [2.05, 4.69) is 39.0 Å². The number of methoxy groups -OCH3 is 1. The molecule has 0 bridgehead atoms. The number of aryl methyl sites for hydroxylation is 1. The maximum Gasteiger partial charge on any atom is 0.131 e. The Morgan fingerprint density at radius 2 is 1.69 bits per heavy atom. The summed E-state index contributed by atoms with van der Waals surface area (Å²) in [7, 11) is 1.63. The van der Waals surface area contributed by atoms with Gasteiger partial charge in [0.25, 0.3) is 0 Å². The first-order valence-electron chi connectivity index (χ1n) is 10.1. The highest BCUT2D eigenvalue weighted by atomic mass is 19.1. The molecule has 0 spiro atoms. The molecule has 2 rings (SSSR count). The SMILES string of the molecule is CCCCCC(CCC)c1cc(CC)ccc1-c1cc(OC)ccc1F. The fourth-order valence-electron chi connectivity index (χ4n) is 3.70. The Morgan fingerprint density at radius 1 is 0.885 bits per heavy atom. The molecule has 2 heteroatoms. The lowest BCUT2D eigenvalue weighted by atomic mass is 9.83. The van der Waals surface area contributed by atoms with Gasteiger partial charge in [0, 0.05) is 5.56 Å². The molecule has 0 saturated heterocycles. The van der Waals surface area contributed by atoms with E-state index < -0.39 is 0 Å². The molecule has 26 heavy (non-hydrogen) atoms. The lowest BCUT2D eigenvalue weighted by Gasteiger charge is -2.22. The van der Waals surface area contributed by atoms with Crippen LogP contribution in [0.15, 0.2) is 36.4 Å². The molecule has 0 amide bonds. The molecule has 1 nitrogen and oxygen atoms in total. The van der Waals surface area contributed by atoms with Gasteiger partial charge in [0.1, 0.15) is 11.6 Å². The minimum Gasteiger partial charge on any atom is -0.497 e. The highest BCUT2D eigenvalue weighted by Gasteiger charge is 2.18. The van der Waals surface area contributed by atoms with Crippen LogP contribution in [0.2, 0.25) is 0 Å². The Hall–Kier alpha value is -1.83. The summed E-state index contributed by atoms with van der Waals surface area (Å²) in [6, 6.07) is 11.6. The third kappa shape index (κ3) is 5.09. The van der Waals surface area contributed by atoms with Crippen molar-refractivity contribution in [2.45, 2.75) is 71.6 Å². The molecule has 0 aliphatic heterocycles. The summed E-state index contributed by atoms with van der Waals surface area (Å²) in [5.74, 6) is 1.00. The monoisotopic (exact) mass is 356 g/mol. The van der Waals surface area contributed by atoms with E-state index in [4.69, 9.17) is 4.74 Å². The van der Waals surface area contributed by atoms with Crippen molar-refractivity contribution in [3.8, 4) is 16.9 Å². The van der Waals surface area contributed by atoms with Gasteiger partial charge in [-0.25, -0.2) is 4.39 Å². The van der Waals surface area contributed by atoms with Crippen LogP contribution < -0.4 is 4.74 Å². The molecule has 0 saturated carbocycles. The minimum absolute atomic E-state index is 0.180. The first kappa shape index (κ1) is 20.5. The quantitative estimate of drug-likeness (QED) is 0.400. The van der Waals surface area contributed by atoms with Crippen LogP contribution in [0.4, 0.5) is 4.39 Å². The van der Waals surface area contributed by atoms with Crippen LogP contribution in [0.1, 0.15) is 76.3 Å². The number of ether oxygens (including phenoxy) is 1. The Kier molecular flexibility index (Phi) is 8.15. The average Bonchev–Trinajstić information content (AvgIpc) is 2.67. The maximum absolute atomic E-state index is 14.7. The first-order chi connectivity index (χ1) is 12.6. The maximum atomic E-state index is 14.7. The molecular formula is C24H33FO. The molecule has 0 N–H and O–H groups in total. The zero-order valence-corrected chi connectivity index (χ0v) is 16.8. The highest BCUT2D eigenvalue weighted by molar-refractivity contribution is 5.70. The third-order valence-corrected chi connectivity index (χ3v) is 5.22. The summed E-state index contributed by atoms with van der Waals surface area (Å²) >= 11 is 0. The van der Waals surface area contributed by atoms with Crippen molar-refractivity contribution in [3.63, 3.8) is 0 Å². The summed E-state index contributed by atoms with van der Waals surface area (Å²) < 4.78 is 20.0. The lowest BCUT2D eigenvalue weighted by Crippen LogP contribution is -2.04. The van der Waals surface area contributed by atoms with Gasteiger partial charge in [0.15, 0.2) is 0 Å². The normalized spacial score (nSPS) is 12.2. The number of benzene rings is 2. The fourth-order valence-corrected chi connectivity index (χ4v) is 3.70. The van der Waals surface area contributed by atoms with Gasteiger partial charge in [-0.15, -0.1) is 0 Å². The number of hydrogen-bond acceptors (Lipinski definition) is 1. The van der Waals surface area contributed by atoms with Gasteiger partial charge in [-0.05, 0) is 60.1 Å². The van der Waals surface area contributed by atoms with Crippen LogP contribution in [-0.2, 0) is 6.42 Å². The number of unbranched alkanes of at least 4 members (excludes halogenated alkanes) is 2. The van der Waals surface area contributed by atoms with Gasteiger partial charge in [-0.2, -0.15) is 0 Å². The summed E-state index contributed by atoms with van der Waals surface area (Å²) in [6.45, 7) is 6.66. The van der Waals surface area contributed by atoms with Crippen molar-refractivity contribution >= 4 is 0 Å². The molecule has 0 heterocycles. The van der Waals surface area contributed by atoms with E-state index in [1.807, 2.05) is 6.07 Å². The predicted molar refractivity (Wildman–Crippen MR) is 110 cm³/mol. The molecule has 2 aromatic carbocycles. The molecule has 1 unspecified atom stereocenters. The molecule has 1 atom stereocenters. The molecule has 0 aromatic heterocycles. The summed E-state index contributed by atoms with van der Waals surface area (Å²) in [6.07, 6.45) is 8.19. The lowest BCUT2D eigenvalue weighted by molar-refractivity contribution is 0.414. The highest BCUT2D eigenvalue weighted by Crippen LogP contribution is 2.38. The molecule has 2 aromatic rings. The number of rotatable bonds is 10. The van der Waals surface area contributed by atoms with Crippen LogP contribution in [0.25, 0.3) is 11.1 Å². The smallest absolute Gasteiger partial charge is 0.131 e. The van der Waals surface area contributed by atoms with Gasteiger partial charge in [0.05, 0.1) is 7.11 Å².